The molecule has 12 heavy (non-hydrogen) atoms. The summed E-state index contributed by atoms with van der Waals surface area (Å²) in [6.45, 7) is 0. The predicted octanol–water partition coefficient (Wildman–Crippen LogP) is -0.712. The highest BCUT2D eigenvalue weighted by Crippen LogP contribution is 2.21. The Bertz CT molecular complexity index is 329. The lowest BCUT2D eigenvalue weighted by molar-refractivity contribution is -0.121. The fraction of sp³-hybridized carbons (Fsp3) is 0.429. The molecule has 1 rings (SSSR count). The molecule has 0 radical (unpaired) electrons. The Labute approximate surface area is 68.8 Å². The van der Waals surface area contributed by atoms with E-state index in [4.69, 9.17) is 15.8 Å². The van der Waals surface area contributed by atoms with E-state index in [0.29, 0.717) is 0 Å². The second kappa shape index (κ2) is 2.90. The minimum atomic E-state index is -1.00. The van der Waals surface area contributed by atoms with Crippen molar-refractivity contribution in [3.63, 3.8) is 0 Å². The average molecular weight is 160 g/mol. The molecule has 1 aliphatic heterocycles. The van der Waals surface area contributed by atoms with Gasteiger partial charge in [0.2, 0.25) is 5.91 Å². The Morgan fingerprint density at radius 1 is 1.17 bits per heavy atom. The van der Waals surface area contributed by atoms with E-state index in [1.54, 1.807) is 18.2 Å². The average Bonchev–Trinajstić information content (AvgIpc) is 2.40. The van der Waals surface area contributed by atoms with Gasteiger partial charge in [-0.25, -0.2) is 0 Å². The molecule has 1 saturated heterocycles. The zero-order chi connectivity index (χ0) is 9.14. The lowest BCUT2D eigenvalue weighted by Crippen LogP contribution is -2.26. The van der Waals surface area contributed by atoms with Crippen molar-refractivity contribution in [2.75, 3.05) is 0 Å². The Hall–Kier alpha value is -2.06. The third-order valence-corrected chi connectivity index (χ3v) is 1.73. The van der Waals surface area contributed by atoms with Gasteiger partial charge in [0.1, 0.15) is 17.9 Å². The van der Waals surface area contributed by atoms with E-state index in [2.05, 4.69) is 5.32 Å². The highest BCUT2D eigenvalue weighted by atomic mass is 16.2. The molecule has 5 nitrogen and oxygen atoms in total. The van der Waals surface area contributed by atoms with Crippen LogP contribution in [-0.2, 0) is 4.79 Å². The molecule has 5 heteroatoms. The predicted molar refractivity (Wildman–Crippen MR) is 35.7 cm³/mol. The molecule has 1 N–H and O–H groups in total. The van der Waals surface area contributed by atoms with E-state index >= 15 is 0 Å². The molecular weight excluding hydrogens is 156 g/mol. The summed E-state index contributed by atoms with van der Waals surface area (Å²) in [7, 11) is 0. The molecule has 1 aliphatic rings. The lowest BCUT2D eigenvalue weighted by atomic mass is 9.94. The van der Waals surface area contributed by atoms with Crippen LogP contribution in [0.4, 0.5) is 0 Å². The van der Waals surface area contributed by atoms with Gasteiger partial charge in [-0.05, 0) is 0 Å². The number of nitrogens with zero attached hydrogens (tertiary/aromatic N) is 3. The summed E-state index contributed by atoms with van der Waals surface area (Å²) in [6, 6.07) is 4.37. The number of rotatable bonds is 0. The van der Waals surface area contributed by atoms with Gasteiger partial charge in [0, 0.05) is 0 Å². The topological polar surface area (TPSA) is 100 Å². The smallest absolute Gasteiger partial charge is 0.239 e. The number of amides is 1. The normalized spacial score (nSPS) is 32.8. The maximum atomic E-state index is 10.9. The van der Waals surface area contributed by atoms with Gasteiger partial charge in [-0.2, -0.15) is 15.8 Å². The molecule has 0 aliphatic carbocycles. The number of hydrogen-bond donors (Lipinski definition) is 1. The van der Waals surface area contributed by atoms with Gasteiger partial charge in [0.05, 0.1) is 18.2 Å². The fourth-order valence-electron chi connectivity index (χ4n) is 1.09. The van der Waals surface area contributed by atoms with Crippen LogP contribution in [0.25, 0.3) is 0 Å². The molecule has 1 fully saturated rings. The van der Waals surface area contributed by atoms with Crippen LogP contribution in [0.5, 0.6) is 0 Å². The Morgan fingerprint density at radius 3 is 2.25 bits per heavy atom. The summed E-state index contributed by atoms with van der Waals surface area (Å²) in [6.07, 6.45) is 0. The van der Waals surface area contributed by atoms with E-state index in [-0.39, 0.29) is 0 Å². The Kier molecular flexibility index (Phi) is 1.94. The van der Waals surface area contributed by atoms with E-state index in [0.717, 1.165) is 0 Å². The van der Waals surface area contributed by atoms with Crippen molar-refractivity contribution in [1.29, 1.82) is 15.8 Å². The minimum absolute atomic E-state index is 0.532. The van der Waals surface area contributed by atoms with Gasteiger partial charge in [-0.1, -0.05) is 0 Å². The van der Waals surface area contributed by atoms with Crippen molar-refractivity contribution < 1.29 is 4.79 Å². The van der Waals surface area contributed by atoms with E-state index in [9.17, 15) is 4.79 Å². The first-order chi connectivity index (χ1) is 5.74. The molecule has 0 spiro atoms. The largest absolute Gasteiger partial charge is 0.338 e. The second-order valence-electron chi connectivity index (χ2n) is 2.38. The number of hydrogen-bond acceptors (Lipinski definition) is 4. The van der Waals surface area contributed by atoms with Gasteiger partial charge in [-0.3, -0.25) is 4.79 Å². The van der Waals surface area contributed by atoms with E-state index < -0.39 is 23.8 Å². The zero-order valence-corrected chi connectivity index (χ0v) is 5.98. The van der Waals surface area contributed by atoms with Crippen LogP contribution in [0.3, 0.4) is 0 Å². The Morgan fingerprint density at radius 2 is 1.83 bits per heavy atom. The number of nitriles is 3. The lowest BCUT2D eigenvalue weighted by Gasteiger charge is -2.01. The molecule has 3 unspecified atom stereocenters. The van der Waals surface area contributed by atoms with Crippen LogP contribution in [-0.4, -0.2) is 11.9 Å². The maximum Gasteiger partial charge on any atom is 0.239 e. The first-order valence-corrected chi connectivity index (χ1v) is 3.23. The van der Waals surface area contributed by atoms with Crippen molar-refractivity contribution in [2.24, 2.45) is 11.8 Å². The maximum absolute atomic E-state index is 10.9. The molecule has 1 amide bonds. The van der Waals surface area contributed by atoms with Crippen LogP contribution >= 0.6 is 0 Å². The molecule has 0 aromatic carbocycles. The molecular formula is C7H4N4O. The van der Waals surface area contributed by atoms with Crippen LogP contribution in [0.15, 0.2) is 0 Å². The highest BCUT2D eigenvalue weighted by molar-refractivity contribution is 5.85. The molecule has 0 saturated carbocycles. The molecule has 1 heterocycles. The van der Waals surface area contributed by atoms with E-state index in [1.165, 1.54) is 0 Å². The SMILES string of the molecule is N#CC1NC(=O)C(C#N)C1C#N. The number of carbonyl (C=O) groups is 1. The first-order valence-electron chi connectivity index (χ1n) is 3.23. The highest BCUT2D eigenvalue weighted by Gasteiger charge is 2.42. The number of nitrogens with one attached hydrogen (secondary N) is 1. The van der Waals surface area contributed by atoms with Gasteiger partial charge >= 0.3 is 0 Å². The zero-order valence-electron chi connectivity index (χ0n) is 5.98. The van der Waals surface area contributed by atoms with Gasteiger partial charge < -0.3 is 5.32 Å². The molecule has 0 bridgehead atoms. The Balaban J connectivity index is 2.95. The van der Waals surface area contributed by atoms with Crippen molar-refractivity contribution in [3.05, 3.63) is 0 Å². The third-order valence-electron chi connectivity index (χ3n) is 1.73. The van der Waals surface area contributed by atoms with Crippen molar-refractivity contribution in [2.45, 2.75) is 6.04 Å². The van der Waals surface area contributed by atoms with Gasteiger partial charge in [0.15, 0.2) is 0 Å². The summed E-state index contributed by atoms with van der Waals surface area (Å²) in [4.78, 5) is 10.9. The summed E-state index contributed by atoms with van der Waals surface area (Å²) >= 11 is 0. The molecule has 58 valence electrons. The molecule has 3 atom stereocenters. The van der Waals surface area contributed by atoms with Crippen LogP contribution < -0.4 is 5.32 Å². The standard InChI is InChI=1S/C7H4N4O/c8-1-4-5(2-9)7(12)11-6(4)3-10/h4-6H,(H,11,12). The monoisotopic (exact) mass is 160 g/mol. The van der Waals surface area contributed by atoms with Crippen LogP contribution in [0.1, 0.15) is 0 Å². The first kappa shape index (κ1) is 8.04. The third kappa shape index (κ3) is 0.962. The minimum Gasteiger partial charge on any atom is -0.338 e. The second-order valence-corrected chi connectivity index (χ2v) is 2.38. The summed E-state index contributed by atoms with van der Waals surface area (Å²) in [5, 5.41) is 27.8. The van der Waals surface area contributed by atoms with Crippen molar-refractivity contribution in [1.82, 2.24) is 5.32 Å². The summed E-state index contributed by atoms with van der Waals surface area (Å²) in [5.74, 6) is -2.37. The van der Waals surface area contributed by atoms with Crippen molar-refractivity contribution >= 4 is 5.91 Å². The van der Waals surface area contributed by atoms with E-state index in [1.807, 2.05) is 0 Å². The van der Waals surface area contributed by atoms with Crippen molar-refractivity contribution in [3.8, 4) is 18.2 Å². The van der Waals surface area contributed by atoms with Gasteiger partial charge in [-0.15, -0.1) is 0 Å². The fourth-order valence-corrected chi connectivity index (χ4v) is 1.09. The molecule has 0 aromatic heterocycles. The number of carbonyl (C=O) groups excluding carboxylic acids is 1. The summed E-state index contributed by atoms with van der Waals surface area (Å²) in [5.41, 5.74) is 0. The van der Waals surface area contributed by atoms with Gasteiger partial charge in [0.25, 0.3) is 0 Å². The van der Waals surface area contributed by atoms with Crippen LogP contribution in [0, 0.1) is 45.8 Å². The quantitative estimate of drug-likeness (QED) is 0.505. The summed E-state index contributed by atoms with van der Waals surface area (Å²) < 4.78 is 0. The molecule has 0 aromatic rings. The van der Waals surface area contributed by atoms with Crippen LogP contribution in [0.2, 0.25) is 0 Å².